The van der Waals surface area contributed by atoms with Gasteiger partial charge >= 0.3 is 0 Å². The molecule has 4 rings (SSSR count). The Balaban J connectivity index is 1.93. The van der Waals surface area contributed by atoms with Gasteiger partial charge in [0.2, 0.25) is 5.91 Å². The smallest absolute Gasteiger partial charge is 0.236 e. The van der Waals surface area contributed by atoms with Crippen LogP contribution in [0.3, 0.4) is 0 Å². The van der Waals surface area contributed by atoms with Crippen molar-refractivity contribution in [3.63, 3.8) is 0 Å². The van der Waals surface area contributed by atoms with Gasteiger partial charge in [-0.2, -0.15) is 0 Å². The van der Waals surface area contributed by atoms with Gasteiger partial charge in [-0.15, -0.1) is 0 Å². The summed E-state index contributed by atoms with van der Waals surface area (Å²) in [4.78, 5) is 25.0. The number of carbonyl (C=O) groups excluding carboxylic acids is 2. The van der Waals surface area contributed by atoms with Crippen LogP contribution in [0.15, 0.2) is 84.9 Å². The van der Waals surface area contributed by atoms with Crippen LogP contribution in [0.25, 0.3) is 0 Å². The van der Waals surface area contributed by atoms with Gasteiger partial charge in [-0.1, -0.05) is 78.9 Å². The molecule has 0 fully saturated rings. The molecule has 134 valence electrons. The molecule has 0 spiro atoms. The highest BCUT2D eigenvalue weighted by molar-refractivity contribution is 6.07. The van der Waals surface area contributed by atoms with Crippen LogP contribution in [0.1, 0.15) is 29.0 Å². The van der Waals surface area contributed by atoms with E-state index in [9.17, 15) is 9.59 Å². The van der Waals surface area contributed by atoms with Crippen LogP contribution >= 0.6 is 0 Å². The second-order valence-electron chi connectivity index (χ2n) is 7.00. The number of hydrogen-bond donors (Lipinski definition) is 1. The third kappa shape index (κ3) is 2.95. The number of hydrogen-bond acceptors (Lipinski definition) is 2. The van der Waals surface area contributed by atoms with Crippen molar-refractivity contribution in [1.29, 1.82) is 0 Å². The van der Waals surface area contributed by atoms with Gasteiger partial charge in [0.25, 0.3) is 0 Å². The van der Waals surface area contributed by atoms with Gasteiger partial charge in [-0.25, -0.2) is 0 Å². The molecular weight excluding hydrogens is 334 g/mol. The van der Waals surface area contributed by atoms with Gasteiger partial charge in [0.1, 0.15) is 6.29 Å². The first kappa shape index (κ1) is 17.2. The number of para-hydroxylation sites is 1. The monoisotopic (exact) mass is 355 g/mol. The molecule has 1 aliphatic rings. The van der Waals surface area contributed by atoms with E-state index in [1.54, 1.807) is 0 Å². The van der Waals surface area contributed by atoms with Crippen LogP contribution in [0.5, 0.6) is 0 Å². The number of benzene rings is 3. The summed E-state index contributed by atoms with van der Waals surface area (Å²) in [5.41, 5.74) is 3.07. The topological polar surface area (TPSA) is 46.2 Å². The van der Waals surface area contributed by atoms with E-state index in [-0.39, 0.29) is 11.8 Å². The Morgan fingerprint density at radius 1 is 0.852 bits per heavy atom. The Bertz CT molecular complexity index is 952. The Kier molecular flexibility index (Phi) is 4.59. The molecule has 2 unspecified atom stereocenters. The van der Waals surface area contributed by atoms with Crippen LogP contribution < -0.4 is 5.32 Å². The molecule has 0 radical (unpaired) electrons. The molecule has 0 bridgehead atoms. The van der Waals surface area contributed by atoms with Crippen LogP contribution in [-0.4, -0.2) is 12.2 Å². The van der Waals surface area contributed by atoms with E-state index in [0.717, 1.165) is 28.7 Å². The number of fused-ring (bicyclic) bond motifs is 1. The normalized spacial score (nSPS) is 19.2. The third-order valence-corrected chi connectivity index (χ3v) is 5.52. The van der Waals surface area contributed by atoms with Gasteiger partial charge in [-0.05, 0) is 29.2 Å². The molecule has 1 heterocycles. The molecule has 1 aliphatic heterocycles. The summed E-state index contributed by atoms with van der Waals surface area (Å²) < 4.78 is 0. The third-order valence-electron chi connectivity index (χ3n) is 5.52. The zero-order chi connectivity index (χ0) is 18.7. The Labute approximate surface area is 159 Å². The second-order valence-corrected chi connectivity index (χ2v) is 7.00. The van der Waals surface area contributed by atoms with Crippen molar-refractivity contribution in [1.82, 2.24) is 0 Å². The van der Waals surface area contributed by atoms with Crippen molar-refractivity contribution in [2.24, 2.45) is 0 Å². The standard InChI is InChI=1S/C24H21NO2/c26-16-15-20(19-11-5-2-6-12-19)24(17-18-9-3-1-4-10-18)21-13-7-8-14-22(21)25-23(24)27/h1-14,16,20H,15,17H2,(H,25,27). The van der Waals surface area contributed by atoms with Crippen molar-refractivity contribution in [2.45, 2.75) is 24.2 Å². The number of rotatable bonds is 6. The molecule has 1 amide bonds. The fourth-order valence-corrected chi connectivity index (χ4v) is 4.30. The summed E-state index contributed by atoms with van der Waals surface area (Å²) in [5.74, 6) is -0.275. The quantitative estimate of drug-likeness (QED) is 0.662. The largest absolute Gasteiger partial charge is 0.325 e. The van der Waals surface area contributed by atoms with Gasteiger partial charge in [0, 0.05) is 18.0 Å². The molecule has 3 aromatic carbocycles. The molecule has 27 heavy (non-hydrogen) atoms. The lowest BCUT2D eigenvalue weighted by molar-refractivity contribution is -0.122. The molecule has 3 heteroatoms. The molecule has 0 aliphatic carbocycles. The minimum Gasteiger partial charge on any atom is -0.325 e. The van der Waals surface area contributed by atoms with Crippen LogP contribution in [-0.2, 0) is 21.4 Å². The van der Waals surface area contributed by atoms with E-state index in [1.807, 2.05) is 84.9 Å². The maximum Gasteiger partial charge on any atom is 0.236 e. The van der Waals surface area contributed by atoms with E-state index in [1.165, 1.54) is 0 Å². The highest BCUT2D eigenvalue weighted by Crippen LogP contribution is 2.50. The summed E-state index contributed by atoms with van der Waals surface area (Å²) in [6, 6.07) is 27.7. The first-order valence-corrected chi connectivity index (χ1v) is 9.19. The Morgan fingerprint density at radius 2 is 1.48 bits per heavy atom. The van der Waals surface area contributed by atoms with E-state index in [4.69, 9.17) is 0 Å². The van der Waals surface area contributed by atoms with Crippen LogP contribution in [0.2, 0.25) is 0 Å². The summed E-state index contributed by atoms with van der Waals surface area (Å²) in [6.45, 7) is 0. The lowest BCUT2D eigenvalue weighted by Gasteiger charge is -2.36. The predicted molar refractivity (Wildman–Crippen MR) is 107 cm³/mol. The molecule has 3 nitrogen and oxygen atoms in total. The number of anilines is 1. The number of carbonyl (C=O) groups is 2. The molecule has 0 saturated carbocycles. The highest BCUT2D eigenvalue weighted by atomic mass is 16.2. The molecular formula is C24H21NO2. The fourth-order valence-electron chi connectivity index (χ4n) is 4.30. The van der Waals surface area contributed by atoms with Crippen LogP contribution in [0, 0.1) is 0 Å². The Morgan fingerprint density at radius 3 is 2.19 bits per heavy atom. The van der Waals surface area contributed by atoms with Crippen LogP contribution in [0.4, 0.5) is 5.69 Å². The van der Waals surface area contributed by atoms with E-state index in [0.29, 0.717) is 12.8 Å². The van der Waals surface area contributed by atoms with E-state index in [2.05, 4.69) is 5.32 Å². The second kappa shape index (κ2) is 7.20. The minimum absolute atomic E-state index is 0.0387. The molecule has 1 N–H and O–H groups in total. The van der Waals surface area contributed by atoms with Crippen molar-refractivity contribution in [3.05, 3.63) is 102 Å². The lowest BCUT2D eigenvalue weighted by atomic mass is 9.64. The van der Waals surface area contributed by atoms with Gasteiger partial charge in [0.15, 0.2) is 0 Å². The first-order valence-electron chi connectivity index (χ1n) is 9.19. The number of aldehydes is 1. The minimum atomic E-state index is -0.819. The molecule has 0 aromatic heterocycles. The average molecular weight is 355 g/mol. The van der Waals surface area contributed by atoms with E-state index < -0.39 is 5.41 Å². The maximum atomic E-state index is 13.4. The first-order chi connectivity index (χ1) is 13.3. The summed E-state index contributed by atoms with van der Waals surface area (Å²) in [6.07, 6.45) is 1.77. The number of amides is 1. The zero-order valence-electron chi connectivity index (χ0n) is 15.0. The van der Waals surface area contributed by atoms with Gasteiger partial charge < -0.3 is 10.1 Å². The number of nitrogens with one attached hydrogen (secondary N) is 1. The molecule has 0 saturated heterocycles. The maximum absolute atomic E-state index is 13.4. The molecule has 2 atom stereocenters. The molecule has 3 aromatic rings. The SMILES string of the molecule is O=CCC(c1ccccc1)C1(Cc2ccccc2)C(=O)Nc2ccccc21. The van der Waals surface area contributed by atoms with Gasteiger partial charge in [-0.3, -0.25) is 4.79 Å². The zero-order valence-corrected chi connectivity index (χ0v) is 15.0. The van der Waals surface area contributed by atoms with E-state index >= 15 is 0 Å². The lowest BCUT2D eigenvalue weighted by Crippen LogP contribution is -2.43. The van der Waals surface area contributed by atoms with Crippen molar-refractivity contribution >= 4 is 17.9 Å². The fraction of sp³-hybridized carbons (Fsp3) is 0.167. The average Bonchev–Trinajstić information content (AvgIpc) is 3.00. The predicted octanol–water partition coefficient (Wildman–Crippen LogP) is 4.49. The Hall–Kier alpha value is -3.20. The summed E-state index contributed by atoms with van der Waals surface area (Å²) >= 11 is 0. The summed E-state index contributed by atoms with van der Waals surface area (Å²) in [5, 5.41) is 3.06. The summed E-state index contributed by atoms with van der Waals surface area (Å²) in [7, 11) is 0. The van der Waals surface area contributed by atoms with Crippen molar-refractivity contribution in [3.8, 4) is 0 Å². The van der Waals surface area contributed by atoms with Crippen molar-refractivity contribution in [2.75, 3.05) is 5.32 Å². The van der Waals surface area contributed by atoms with Crippen molar-refractivity contribution < 1.29 is 9.59 Å². The highest BCUT2D eigenvalue weighted by Gasteiger charge is 2.52. The van der Waals surface area contributed by atoms with Gasteiger partial charge in [0.05, 0.1) is 5.41 Å².